The summed E-state index contributed by atoms with van der Waals surface area (Å²) in [7, 11) is 0. The second-order valence-corrected chi connectivity index (χ2v) is 6.05. The lowest BCUT2D eigenvalue weighted by molar-refractivity contribution is 0.0523. The average molecular weight is 383 g/mol. The van der Waals surface area contributed by atoms with Crippen molar-refractivity contribution in [3.63, 3.8) is 0 Å². The van der Waals surface area contributed by atoms with E-state index in [2.05, 4.69) is 10.1 Å². The molecule has 8 nitrogen and oxygen atoms in total. The fourth-order valence-electron chi connectivity index (χ4n) is 2.76. The van der Waals surface area contributed by atoms with E-state index in [1.54, 1.807) is 42.7 Å². The molecule has 0 aliphatic rings. The first-order valence-electron chi connectivity index (χ1n) is 8.99. The minimum absolute atomic E-state index is 0.00596. The Balaban J connectivity index is 2.10. The summed E-state index contributed by atoms with van der Waals surface area (Å²) in [4.78, 5) is 29.4. The molecule has 0 aliphatic heterocycles. The van der Waals surface area contributed by atoms with Crippen molar-refractivity contribution < 1.29 is 18.8 Å². The highest BCUT2D eigenvalue weighted by atomic mass is 16.5. The van der Waals surface area contributed by atoms with Crippen molar-refractivity contribution in [2.75, 3.05) is 6.61 Å². The smallest absolute Gasteiger partial charge is 0.343 e. The molecule has 1 unspecified atom stereocenters. The van der Waals surface area contributed by atoms with Crippen molar-refractivity contribution in [2.45, 2.75) is 33.2 Å². The number of rotatable bonds is 7. The largest absolute Gasteiger partial charge is 0.462 e. The van der Waals surface area contributed by atoms with Gasteiger partial charge in [0.05, 0.1) is 12.8 Å². The minimum atomic E-state index is -0.712. The highest BCUT2D eigenvalue weighted by Gasteiger charge is 2.23. The van der Waals surface area contributed by atoms with Crippen LogP contribution in [0.4, 0.5) is 0 Å². The van der Waals surface area contributed by atoms with Gasteiger partial charge in [0, 0.05) is 6.20 Å². The number of carbonyl (C=O) groups excluding carboxylic acids is 1. The maximum atomic E-state index is 12.8. The van der Waals surface area contributed by atoms with Crippen LogP contribution in [-0.4, -0.2) is 27.3 Å². The van der Waals surface area contributed by atoms with Gasteiger partial charge in [-0.25, -0.2) is 4.79 Å². The zero-order valence-corrected chi connectivity index (χ0v) is 15.9. The van der Waals surface area contributed by atoms with Gasteiger partial charge in [0.25, 0.3) is 0 Å². The van der Waals surface area contributed by atoms with Gasteiger partial charge in [0.1, 0.15) is 17.4 Å². The third-order valence-corrected chi connectivity index (χ3v) is 4.05. The molecule has 1 atom stereocenters. The normalized spacial score (nSPS) is 11.8. The molecule has 0 amide bonds. The maximum Gasteiger partial charge on any atom is 0.343 e. The van der Waals surface area contributed by atoms with Crippen LogP contribution in [0.3, 0.4) is 0 Å². The first kappa shape index (κ1) is 19.3. The van der Waals surface area contributed by atoms with E-state index < -0.39 is 11.4 Å². The second-order valence-electron chi connectivity index (χ2n) is 6.05. The quantitative estimate of drug-likeness (QED) is 0.576. The highest BCUT2D eigenvalue weighted by molar-refractivity contribution is 5.89. The number of benzene rings is 1. The predicted octanol–water partition coefficient (Wildman–Crippen LogP) is 3.51. The van der Waals surface area contributed by atoms with E-state index in [9.17, 15) is 9.59 Å². The lowest BCUT2D eigenvalue weighted by Crippen LogP contribution is -2.23. The van der Waals surface area contributed by atoms with Gasteiger partial charge in [-0.1, -0.05) is 30.3 Å². The Bertz CT molecular complexity index is 1010. The molecule has 28 heavy (non-hydrogen) atoms. The number of pyridine rings is 1. The monoisotopic (exact) mass is 383 g/mol. The van der Waals surface area contributed by atoms with Crippen LogP contribution in [0.2, 0.25) is 0 Å². The molecule has 3 aromatic rings. The number of ether oxygens (including phenoxy) is 2. The van der Waals surface area contributed by atoms with E-state index in [0.717, 1.165) is 0 Å². The number of nitrogens with zero attached hydrogens (tertiary/aromatic N) is 3. The van der Waals surface area contributed by atoms with Gasteiger partial charge in [0.15, 0.2) is 11.6 Å². The van der Waals surface area contributed by atoms with Gasteiger partial charge in [-0.2, -0.15) is 4.98 Å². The summed E-state index contributed by atoms with van der Waals surface area (Å²) in [6.45, 7) is 5.49. The zero-order chi connectivity index (χ0) is 20.1. The molecule has 146 valence electrons. The standard InChI is InChI=1S/C20H21N3O5/c1-4-16(19-21-13(3)22-28-19)23-11-15(20(25)26-5-2)18(24)17(12-23)27-14-9-7-6-8-10-14/h6-12,16H,4-5H2,1-3H3. The summed E-state index contributed by atoms with van der Waals surface area (Å²) in [5, 5.41) is 3.82. The Hall–Kier alpha value is -3.42. The lowest BCUT2D eigenvalue weighted by Gasteiger charge is -2.18. The van der Waals surface area contributed by atoms with Gasteiger partial charge >= 0.3 is 5.97 Å². The van der Waals surface area contributed by atoms with E-state index in [4.69, 9.17) is 14.0 Å². The van der Waals surface area contributed by atoms with Gasteiger partial charge in [0.2, 0.25) is 11.3 Å². The molecular formula is C20H21N3O5. The van der Waals surface area contributed by atoms with Crippen LogP contribution < -0.4 is 10.2 Å². The average Bonchev–Trinajstić information content (AvgIpc) is 3.11. The summed E-state index contributed by atoms with van der Waals surface area (Å²) in [6, 6.07) is 8.50. The maximum absolute atomic E-state index is 12.8. The summed E-state index contributed by atoms with van der Waals surface area (Å²) < 4.78 is 17.7. The zero-order valence-electron chi connectivity index (χ0n) is 15.9. The van der Waals surface area contributed by atoms with Gasteiger partial charge in [-0.15, -0.1) is 0 Å². The number of aromatic nitrogens is 3. The number of hydrogen-bond acceptors (Lipinski definition) is 7. The molecule has 8 heteroatoms. The van der Waals surface area contributed by atoms with E-state index >= 15 is 0 Å². The Kier molecular flexibility index (Phi) is 5.88. The Morgan fingerprint density at radius 3 is 2.57 bits per heavy atom. The molecule has 3 rings (SSSR count). The highest BCUT2D eigenvalue weighted by Crippen LogP contribution is 2.24. The SMILES string of the molecule is CCOC(=O)c1cn(C(CC)c2nc(C)no2)cc(Oc2ccccc2)c1=O. The molecule has 0 fully saturated rings. The van der Waals surface area contributed by atoms with Crippen LogP contribution in [0.1, 0.15) is 48.4 Å². The molecule has 0 radical (unpaired) electrons. The minimum Gasteiger partial charge on any atom is -0.462 e. The summed E-state index contributed by atoms with van der Waals surface area (Å²) in [6.07, 6.45) is 3.56. The van der Waals surface area contributed by atoms with Crippen molar-refractivity contribution >= 4 is 5.97 Å². The third kappa shape index (κ3) is 4.11. The number of para-hydroxylation sites is 1. The van der Waals surface area contributed by atoms with Gasteiger partial charge in [-0.05, 0) is 32.4 Å². The first-order valence-corrected chi connectivity index (χ1v) is 8.99. The molecule has 0 aliphatic carbocycles. The fraction of sp³-hybridized carbons (Fsp3) is 0.300. The van der Waals surface area contributed by atoms with Crippen molar-refractivity contribution in [2.24, 2.45) is 0 Å². The number of esters is 1. The summed E-state index contributed by atoms with van der Waals surface area (Å²) in [5.74, 6) is 0.654. The topological polar surface area (TPSA) is 96.5 Å². The lowest BCUT2D eigenvalue weighted by atomic mass is 10.2. The summed E-state index contributed by atoms with van der Waals surface area (Å²) >= 11 is 0. The van der Waals surface area contributed by atoms with E-state index in [1.807, 2.05) is 13.0 Å². The molecule has 0 saturated carbocycles. The molecule has 2 heterocycles. The van der Waals surface area contributed by atoms with Crippen molar-refractivity contribution in [1.29, 1.82) is 0 Å². The van der Waals surface area contributed by atoms with Crippen molar-refractivity contribution in [3.05, 3.63) is 70.2 Å². The Labute approximate surface area is 161 Å². The number of aryl methyl sites for hydroxylation is 1. The van der Waals surface area contributed by atoms with Crippen molar-refractivity contribution in [3.8, 4) is 11.5 Å². The third-order valence-electron chi connectivity index (χ3n) is 4.05. The molecule has 0 spiro atoms. The van der Waals surface area contributed by atoms with E-state index in [-0.39, 0.29) is 24.0 Å². The molecule has 0 bridgehead atoms. The van der Waals surface area contributed by atoms with Crippen LogP contribution in [0.15, 0.2) is 52.0 Å². The molecular weight excluding hydrogens is 362 g/mol. The van der Waals surface area contributed by atoms with E-state index in [1.165, 1.54) is 12.4 Å². The predicted molar refractivity (Wildman–Crippen MR) is 101 cm³/mol. The van der Waals surface area contributed by atoms with Crippen LogP contribution in [-0.2, 0) is 4.74 Å². The first-order chi connectivity index (χ1) is 13.5. The van der Waals surface area contributed by atoms with Gasteiger partial charge in [-0.3, -0.25) is 4.79 Å². The number of carbonyl (C=O) groups is 1. The Morgan fingerprint density at radius 2 is 1.96 bits per heavy atom. The van der Waals surface area contributed by atoms with Crippen LogP contribution >= 0.6 is 0 Å². The fourth-order valence-corrected chi connectivity index (χ4v) is 2.76. The van der Waals surface area contributed by atoms with Crippen LogP contribution in [0.5, 0.6) is 11.5 Å². The molecule has 2 aromatic heterocycles. The van der Waals surface area contributed by atoms with Gasteiger partial charge < -0.3 is 18.6 Å². The number of hydrogen-bond donors (Lipinski definition) is 0. The molecule has 0 saturated heterocycles. The summed E-state index contributed by atoms with van der Waals surface area (Å²) in [5.41, 5.74) is -0.667. The van der Waals surface area contributed by atoms with E-state index in [0.29, 0.717) is 23.9 Å². The van der Waals surface area contributed by atoms with Crippen LogP contribution in [0, 0.1) is 6.92 Å². The van der Waals surface area contributed by atoms with Crippen LogP contribution in [0.25, 0.3) is 0 Å². The Morgan fingerprint density at radius 1 is 1.21 bits per heavy atom. The molecule has 1 aromatic carbocycles. The van der Waals surface area contributed by atoms with Crippen molar-refractivity contribution in [1.82, 2.24) is 14.7 Å². The molecule has 0 N–H and O–H groups in total. The second kappa shape index (κ2) is 8.51.